The summed E-state index contributed by atoms with van der Waals surface area (Å²) in [6, 6.07) is 6.29. The maximum Gasteiger partial charge on any atom is 0.219 e. The van der Waals surface area contributed by atoms with Crippen molar-refractivity contribution < 1.29 is 9.53 Å². The number of aromatic nitrogens is 3. The van der Waals surface area contributed by atoms with E-state index in [0.717, 1.165) is 37.6 Å². The number of nitrogens with one attached hydrogen (secondary N) is 1. The minimum atomic E-state index is 0.0704. The van der Waals surface area contributed by atoms with Gasteiger partial charge >= 0.3 is 0 Å². The van der Waals surface area contributed by atoms with Gasteiger partial charge in [0.2, 0.25) is 5.91 Å². The van der Waals surface area contributed by atoms with Crippen LogP contribution in [0.4, 0.5) is 0 Å². The van der Waals surface area contributed by atoms with Crippen molar-refractivity contribution in [3.63, 3.8) is 0 Å². The first-order valence-electron chi connectivity index (χ1n) is 11.5. The zero-order valence-electron chi connectivity index (χ0n) is 20.1. The molecule has 4 rings (SSSR count). The normalized spacial score (nSPS) is 19.1. The molecule has 1 amide bonds. The van der Waals surface area contributed by atoms with E-state index in [4.69, 9.17) is 9.84 Å². The first-order valence-corrected chi connectivity index (χ1v) is 11.5. The van der Waals surface area contributed by atoms with Crippen LogP contribution in [0, 0.1) is 13.8 Å². The third-order valence-electron chi connectivity index (χ3n) is 6.90. The number of fused-ring (bicyclic) bond motifs is 1. The van der Waals surface area contributed by atoms with Crippen molar-refractivity contribution >= 4 is 16.8 Å². The predicted octanol–water partition coefficient (Wildman–Crippen LogP) is 3.51. The van der Waals surface area contributed by atoms with E-state index in [9.17, 15) is 4.79 Å². The quantitative estimate of drug-likeness (QED) is 0.614. The molecular weight excluding hydrogens is 402 g/mol. The molecule has 0 bridgehead atoms. The van der Waals surface area contributed by atoms with Crippen LogP contribution in [0.25, 0.3) is 10.9 Å². The van der Waals surface area contributed by atoms with E-state index in [1.165, 1.54) is 27.7 Å². The molecule has 3 aromatic rings. The maximum atomic E-state index is 12.4. The van der Waals surface area contributed by atoms with Crippen molar-refractivity contribution in [3.8, 4) is 5.75 Å². The molecule has 2 atom stereocenters. The fourth-order valence-corrected chi connectivity index (χ4v) is 5.10. The van der Waals surface area contributed by atoms with Crippen LogP contribution in [-0.2, 0) is 24.9 Å². The van der Waals surface area contributed by atoms with Gasteiger partial charge in [0, 0.05) is 80.0 Å². The second-order valence-electron chi connectivity index (χ2n) is 8.87. The van der Waals surface area contributed by atoms with Gasteiger partial charge in [-0.2, -0.15) is 5.10 Å². The number of nitrogens with zero attached hydrogens (tertiary/aromatic N) is 4. The minimum Gasteiger partial charge on any atom is -0.497 e. The lowest BCUT2D eigenvalue weighted by Crippen LogP contribution is -2.39. The summed E-state index contributed by atoms with van der Waals surface area (Å²) in [5.74, 6) is 1.17. The number of likely N-dealkylation sites (tertiary alicyclic amines) is 1. The van der Waals surface area contributed by atoms with Gasteiger partial charge in [0.15, 0.2) is 0 Å². The number of ether oxygens (including phenoxy) is 1. The van der Waals surface area contributed by atoms with Crippen LogP contribution in [0.15, 0.2) is 24.4 Å². The molecular formula is C25H35N5O2. The second-order valence-corrected chi connectivity index (χ2v) is 8.87. The topological polar surface area (TPSA) is 64.3 Å². The summed E-state index contributed by atoms with van der Waals surface area (Å²) in [5, 5.41) is 9.19. The van der Waals surface area contributed by atoms with Crippen molar-refractivity contribution in [2.24, 2.45) is 7.05 Å². The molecule has 1 aliphatic rings. The SMILES string of the molecule is CCC(=O)N[C@H]1CN(Cc2c(C)nn(CC)c2C)C[C@@H]1c1cn(C)c2ccc(OC)cc12. The van der Waals surface area contributed by atoms with Gasteiger partial charge in [-0.3, -0.25) is 14.4 Å². The number of amides is 1. The van der Waals surface area contributed by atoms with E-state index in [-0.39, 0.29) is 17.9 Å². The number of methoxy groups -OCH3 is 1. The summed E-state index contributed by atoms with van der Waals surface area (Å²) < 4.78 is 9.75. The van der Waals surface area contributed by atoms with Gasteiger partial charge < -0.3 is 14.6 Å². The maximum absolute atomic E-state index is 12.4. The van der Waals surface area contributed by atoms with Gasteiger partial charge in [-0.25, -0.2) is 0 Å². The molecule has 1 aliphatic heterocycles. The van der Waals surface area contributed by atoms with Gasteiger partial charge in [0.1, 0.15) is 5.75 Å². The molecule has 0 spiro atoms. The number of rotatable bonds is 7. The van der Waals surface area contributed by atoms with Crippen LogP contribution in [0.1, 0.15) is 48.7 Å². The average molecular weight is 438 g/mol. The molecule has 7 nitrogen and oxygen atoms in total. The Morgan fingerprint density at radius 2 is 2.03 bits per heavy atom. The van der Waals surface area contributed by atoms with Crippen LogP contribution < -0.4 is 10.1 Å². The van der Waals surface area contributed by atoms with Crippen LogP contribution in [-0.4, -0.2) is 51.4 Å². The Morgan fingerprint density at radius 1 is 1.25 bits per heavy atom. The van der Waals surface area contributed by atoms with Crippen molar-refractivity contribution in [2.75, 3.05) is 20.2 Å². The number of carbonyl (C=O) groups excluding carboxylic acids is 1. The largest absolute Gasteiger partial charge is 0.497 e. The zero-order valence-corrected chi connectivity index (χ0v) is 20.1. The molecule has 1 fully saturated rings. The Morgan fingerprint density at radius 3 is 2.69 bits per heavy atom. The summed E-state index contributed by atoms with van der Waals surface area (Å²) >= 11 is 0. The number of aryl methyl sites for hydroxylation is 3. The lowest BCUT2D eigenvalue weighted by atomic mass is 9.93. The van der Waals surface area contributed by atoms with Crippen molar-refractivity contribution in [1.82, 2.24) is 24.6 Å². The Balaban J connectivity index is 1.68. The van der Waals surface area contributed by atoms with Gasteiger partial charge in [-0.15, -0.1) is 0 Å². The highest BCUT2D eigenvalue weighted by atomic mass is 16.5. The minimum absolute atomic E-state index is 0.0704. The molecule has 1 saturated heterocycles. The summed E-state index contributed by atoms with van der Waals surface area (Å²) in [6.45, 7) is 11.7. The summed E-state index contributed by atoms with van der Waals surface area (Å²) in [7, 11) is 3.78. The second kappa shape index (κ2) is 8.98. The van der Waals surface area contributed by atoms with Crippen LogP contribution in [0.2, 0.25) is 0 Å². The molecule has 1 N–H and O–H groups in total. The lowest BCUT2D eigenvalue weighted by molar-refractivity contribution is -0.121. The molecule has 0 saturated carbocycles. The smallest absolute Gasteiger partial charge is 0.219 e. The molecule has 7 heteroatoms. The van der Waals surface area contributed by atoms with E-state index in [0.29, 0.717) is 6.42 Å². The molecule has 0 aliphatic carbocycles. The highest BCUT2D eigenvalue weighted by molar-refractivity contribution is 5.86. The Kier molecular flexibility index (Phi) is 6.29. The molecule has 32 heavy (non-hydrogen) atoms. The fourth-order valence-electron chi connectivity index (χ4n) is 5.10. The van der Waals surface area contributed by atoms with E-state index >= 15 is 0 Å². The monoisotopic (exact) mass is 437 g/mol. The van der Waals surface area contributed by atoms with Crippen LogP contribution in [0.3, 0.4) is 0 Å². The number of hydrogen-bond acceptors (Lipinski definition) is 4. The highest BCUT2D eigenvalue weighted by Crippen LogP contribution is 2.36. The van der Waals surface area contributed by atoms with Gasteiger partial charge in [0.25, 0.3) is 0 Å². The molecule has 2 aromatic heterocycles. The Hall–Kier alpha value is -2.80. The molecule has 0 unspecified atom stereocenters. The summed E-state index contributed by atoms with van der Waals surface area (Å²) in [5.41, 5.74) is 6.07. The van der Waals surface area contributed by atoms with E-state index in [2.05, 4.69) is 65.6 Å². The molecule has 3 heterocycles. The molecule has 1 aromatic carbocycles. The first kappa shape index (κ1) is 22.4. The van der Waals surface area contributed by atoms with Gasteiger partial charge in [-0.05, 0) is 44.5 Å². The standard InChI is InChI=1S/C25H35N5O2/c1-7-25(31)26-23-15-29(13-20-16(3)27-30(8-2)17(20)4)14-22(23)21-12-28(5)24-10-9-18(32-6)11-19(21)24/h9-12,22-23H,7-8,13-15H2,1-6H3,(H,26,31)/t22-,23+/m1/s1. The molecule has 0 radical (unpaired) electrons. The molecule has 172 valence electrons. The first-order chi connectivity index (χ1) is 15.4. The zero-order chi connectivity index (χ0) is 23.0. The van der Waals surface area contributed by atoms with Crippen LogP contribution in [0.5, 0.6) is 5.75 Å². The average Bonchev–Trinajstić information content (AvgIpc) is 3.42. The van der Waals surface area contributed by atoms with Crippen LogP contribution >= 0.6 is 0 Å². The van der Waals surface area contributed by atoms with Crippen molar-refractivity contribution in [2.45, 2.75) is 59.2 Å². The van der Waals surface area contributed by atoms with Crippen molar-refractivity contribution in [3.05, 3.63) is 46.9 Å². The Labute approximate surface area is 190 Å². The van der Waals surface area contributed by atoms with Gasteiger partial charge in [-0.1, -0.05) is 6.92 Å². The summed E-state index contributed by atoms with van der Waals surface area (Å²) in [6.07, 6.45) is 2.71. The third-order valence-corrected chi connectivity index (χ3v) is 6.90. The predicted molar refractivity (Wildman–Crippen MR) is 127 cm³/mol. The summed E-state index contributed by atoms with van der Waals surface area (Å²) in [4.78, 5) is 14.8. The highest BCUT2D eigenvalue weighted by Gasteiger charge is 2.36. The number of carbonyl (C=O) groups is 1. The Bertz CT molecular complexity index is 1130. The lowest BCUT2D eigenvalue weighted by Gasteiger charge is -2.19. The van der Waals surface area contributed by atoms with E-state index in [1.54, 1.807) is 7.11 Å². The number of hydrogen-bond donors (Lipinski definition) is 1. The van der Waals surface area contributed by atoms with E-state index < -0.39 is 0 Å². The fraction of sp³-hybridized carbons (Fsp3) is 0.520. The van der Waals surface area contributed by atoms with Crippen molar-refractivity contribution in [1.29, 1.82) is 0 Å². The third kappa shape index (κ3) is 4.01. The van der Waals surface area contributed by atoms with E-state index in [1.807, 2.05) is 13.0 Å². The van der Waals surface area contributed by atoms with Gasteiger partial charge in [0.05, 0.1) is 12.8 Å². The number of benzene rings is 1.